The van der Waals surface area contributed by atoms with Gasteiger partial charge in [-0.25, -0.2) is 4.98 Å². The van der Waals surface area contributed by atoms with Crippen molar-refractivity contribution in [1.29, 1.82) is 0 Å². The summed E-state index contributed by atoms with van der Waals surface area (Å²) in [5.74, 6) is 0.0193. The summed E-state index contributed by atoms with van der Waals surface area (Å²) in [6.45, 7) is 2.36. The Morgan fingerprint density at radius 3 is 3.05 bits per heavy atom. The fourth-order valence-electron chi connectivity index (χ4n) is 2.72. The monoisotopic (exact) mass is 340 g/mol. The molecule has 1 saturated heterocycles. The molecule has 120 valence electrons. The van der Waals surface area contributed by atoms with Crippen molar-refractivity contribution in [3.63, 3.8) is 0 Å². The highest BCUT2D eigenvalue weighted by atomic mass is 35.5. The van der Waals surface area contributed by atoms with Crippen LogP contribution in [0, 0.1) is 0 Å². The maximum atomic E-state index is 12.1. The Bertz CT molecular complexity index is 600. The van der Waals surface area contributed by atoms with Crippen molar-refractivity contribution < 1.29 is 4.79 Å². The zero-order chi connectivity index (χ0) is 14.7. The Hall–Kier alpha value is -1.21. The lowest BCUT2D eigenvalue weighted by Gasteiger charge is -2.31. The summed E-state index contributed by atoms with van der Waals surface area (Å²) < 4.78 is 1.10. The van der Waals surface area contributed by atoms with Crippen molar-refractivity contribution in [2.75, 3.05) is 32.0 Å². The van der Waals surface area contributed by atoms with E-state index in [0.29, 0.717) is 17.7 Å². The topological polar surface area (TPSA) is 57.3 Å². The van der Waals surface area contributed by atoms with Crippen molar-refractivity contribution in [2.24, 2.45) is 0 Å². The highest BCUT2D eigenvalue weighted by molar-refractivity contribution is 7.22. The maximum absolute atomic E-state index is 12.1. The van der Waals surface area contributed by atoms with Gasteiger partial charge in [0.1, 0.15) is 0 Å². The number of thiazole rings is 1. The van der Waals surface area contributed by atoms with E-state index in [1.165, 1.54) is 17.8 Å². The van der Waals surface area contributed by atoms with E-state index < -0.39 is 0 Å². The van der Waals surface area contributed by atoms with Gasteiger partial charge in [-0.3, -0.25) is 9.69 Å². The lowest BCUT2D eigenvalue weighted by molar-refractivity contribution is -0.117. The number of carbonyl (C=O) groups excluding carboxylic acids is 1. The number of hydrogen-bond donors (Lipinski definition) is 2. The molecule has 1 aliphatic heterocycles. The predicted molar refractivity (Wildman–Crippen MR) is 94.0 cm³/mol. The van der Waals surface area contributed by atoms with Gasteiger partial charge in [0.25, 0.3) is 0 Å². The fraction of sp³-hybridized carbons (Fsp3) is 0.467. The summed E-state index contributed by atoms with van der Waals surface area (Å²) in [4.78, 5) is 18.8. The molecular weight excluding hydrogens is 320 g/mol. The molecule has 0 saturated carbocycles. The number of aromatic nitrogens is 1. The average molecular weight is 341 g/mol. The Morgan fingerprint density at radius 1 is 1.45 bits per heavy atom. The van der Waals surface area contributed by atoms with E-state index in [4.69, 9.17) is 0 Å². The molecule has 1 aliphatic rings. The zero-order valence-electron chi connectivity index (χ0n) is 12.5. The van der Waals surface area contributed by atoms with Gasteiger partial charge in [-0.15, -0.1) is 12.4 Å². The van der Waals surface area contributed by atoms with E-state index in [1.54, 1.807) is 0 Å². The van der Waals surface area contributed by atoms with Crippen molar-refractivity contribution >= 4 is 45.0 Å². The van der Waals surface area contributed by atoms with E-state index in [1.807, 2.05) is 31.3 Å². The molecule has 0 bridgehead atoms. The lowest BCUT2D eigenvalue weighted by Crippen LogP contribution is -2.46. The number of rotatable bonds is 4. The molecular formula is C15H21ClN4OS. The largest absolute Gasteiger partial charge is 0.316 e. The van der Waals surface area contributed by atoms with Gasteiger partial charge in [0.05, 0.1) is 16.8 Å². The number of hydrogen-bond acceptors (Lipinski definition) is 5. The van der Waals surface area contributed by atoms with Gasteiger partial charge in [-0.2, -0.15) is 0 Å². The van der Waals surface area contributed by atoms with Crippen molar-refractivity contribution in [3.05, 3.63) is 24.3 Å². The standard InChI is InChI=1S/C15H20N4OS.ClH/c1-16-11-5-4-8-19(9-11)10-14(20)18-15-17-12-6-2-3-7-13(12)21-15;/h2-3,6-7,11,16H,4-5,8-10H2,1H3,(H,17,18,20);1H. The first-order valence-corrected chi connectivity index (χ1v) is 8.11. The predicted octanol–water partition coefficient (Wildman–Crippen LogP) is 2.34. The Labute approximate surface area is 140 Å². The minimum absolute atomic E-state index is 0. The van der Waals surface area contributed by atoms with Crippen molar-refractivity contribution in [2.45, 2.75) is 18.9 Å². The molecule has 2 N–H and O–H groups in total. The number of carbonyl (C=O) groups is 1. The van der Waals surface area contributed by atoms with E-state index >= 15 is 0 Å². The lowest BCUT2D eigenvalue weighted by atomic mass is 10.1. The second-order valence-corrected chi connectivity index (χ2v) is 6.43. The quantitative estimate of drug-likeness (QED) is 0.897. The van der Waals surface area contributed by atoms with Gasteiger partial charge in [0, 0.05) is 12.6 Å². The van der Waals surface area contributed by atoms with Crippen LogP contribution in [0.4, 0.5) is 5.13 Å². The second kappa shape index (κ2) is 7.87. The second-order valence-electron chi connectivity index (χ2n) is 5.40. The number of fused-ring (bicyclic) bond motifs is 1. The normalized spacial score (nSPS) is 18.9. The minimum atomic E-state index is 0. The molecule has 0 spiro atoms. The van der Waals surface area contributed by atoms with Crippen LogP contribution >= 0.6 is 23.7 Å². The number of nitrogens with zero attached hydrogens (tertiary/aromatic N) is 2. The number of para-hydroxylation sites is 1. The third-order valence-corrected chi connectivity index (χ3v) is 4.77. The van der Waals surface area contributed by atoms with Gasteiger partial charge in [-0.1, -0.05) is 23.5 Å². The molecule has 1 unspecified atom stereocenters. The van der Waals surface area contributed by atoms with Crippen LogP contribution in [0.1, 0.15) is 12.8 Å². The third kappa shape index (κ3) is 4.16. The molecule has 5 nitrogen and oxygen atoms in total. The van der Waals surface area contributed by atoms with Gasteiger partial charge in [0.15, 0.2) is 5.13 Å². The highest BCUT2D eigenvalue weighted by Gasteiger charge is 2.20. The molecule has 0 radical (unpaired) electrons. The first-order valence-electron chi connectivity index (χ1n) is 7.29. The molecule has 1 aromatic carbocycles. The molecule has 0 aliphatic carbocycles. The smallest absolute Gasteiger partial charge is 0.240 e. The summed E-state index contributed by atoms with van der Waals surface area (Å²) in [6.07, 6.45) is 2.33. The van der Waals surface area contributed by atoms with Crippen LogP contribution in [0.15, 0.2) is 24.3 Å². The molecule has 2 heterocycles. The summed E-state index contributed by atoms with van der Waals surface area (Å²) >= 11 is 1.52. The van der Waals surface area contributed by atoms with Crippen molar-refractivity contribution in [3.8, 4) is 0 Å². The first-order chi connectivity index (χ1) is 10.2. The van der Waals surface area contributed by atoms with Crippen LogP contribution in [0.5, 0.6) is 0 Å². The number of likely N-dealkylation sites (N-methyl/N-ethyl adjacent to an activating group) is 1. The zero-order valence-corrected chi connectivity index (χ0v) is 14.2. The summed E-state index contributed by atoms with van der Waals surface area (Å²) in [7, 11) is 1.98. The number of anilines is 1. The fourth-order valence-corrected chi connectivity index (χ4v) is 3.60. The molecule has 2 aromatic rings. The summed E-state index contributed by atoms with van der Waals surface area (Å²) in [5, 5.41) is 6.89. The van der Waals surface area contributed by atoms with Gasteiger partial charge in [-0.05, 0) is 38.6 Å². The van der Waals surface area contributed by atoms with Gasteiger partial charge >= 0.3 is 0 Å². The first kappa shape index (κ1) is 17.1. The number of piperidine rings is 1. The maximum Gasteiger partial charge on any atom is 0.240 e. The minimum Gasteiger partial charge on any atom is -0.316 e. The van der Waals surface area contributed by atoms with Crippen molar-refractivity contribution in [1.82, 2.24) is 15.2 Å². The molecule has 22 heavy (non-hydrogen) atoms. The number of halogens is 1. The molecule has 1 aromatic heterocycles. The Kier molecular flexibility index (Phi) is 6.14. The summed E-state index contributed by atoms with van der Waals surface area (Å²) in [5.41, 5.74) is 0.936. The number of nitrogens with one attached hydrogen (secondary N) is 2. The number of likely N-dealkylation sites (tertiary alicyclic amines) is 1. The van der Waals surface area contributed by atoms with Crippen LogP contribution < -0.4 is 10.6 Å². The van der Waals surface area contributed by atoms with Crippen LogP contribution in [0.25, 0.3) is 10.2 Å². The van der Waals surface area contributed by atoms with E-state index in [2.05, 4.69) is 20.5 Å². The molecule has 1 amide bonds. The van der Waals surface area contributed by atoms with E-state index in [0.717, 1.165) is 29.7 Å². The van der Waals surface area contributed by atoms with Crippen LogP contribution in [0.2, 0.25) is 0 Å². The Balaban J connectivity index is 0.00000176. The molecule has 1 atom stereocenters. The van der Waals surface area contributed by atoms with Crippen LogP contribution in [0.3, 0.4) is 0 Å². The molecule has 3 rings (SSSR count). The van der Waals surface area contributed by atoms with Crippen LogP contribution in [-0.2, 0) is 4.79 Å². The third-order valence-electron chi connectivity index (χ3n) is 3.82. The number of amides is 1. The number of benzene rings is 1. The molecule has 1 fully saturated rings. The van der Waals surface area contributed by atoms with Gasteiger partial charge in [0.2, 0.25) is 5.91 Å². The van der Waals surface area contributed by atoms with E-state index in [-0.39, 0.29) is 18.3 Å². The Morgan fingerprint density at radius 2 is 2.27 bits per heavy atom. The highest BCUT2D eigenvalue weighted by Crippen LogP contribution is 2.25. The molecule has 7 heteroatoms. The van der Waals surface area contributed by atoms with Gasteiger partial charge < -0.3 is 10.6 Å². The average Bonchev–Trinajstić information content (AvgIpc) is 2.89. The van der Waals surface area contributed by atoms with Crippen LogP contribution in [-0.4, -0.2) is 48.5 Å². The van der Waals surface area contributed by atoms with E-state index in [9.17, 15) is 4.79 Å². The SMILES string of the molecule is CNC1CCCN(CC(=O)Nc2nc3ccccc3s2)C1.Cl. The summed E-state index contributed by atoms with van der Waals surface area (Å²) in [6, 6.07) is 8.42.